The Labute approximate surface area is 106 Å². The maximum Gasteiger partial charge on any atom is 0.254 e. The molecule has 0 fully saturated rings. The first-order valence-corrected chi connectivity index (χ1v) is 5.75. The van der Waals surface area contributed by atoms with Crippen LogP contribution in [0.5, 0.6) is 0 Å². The summed E-state index contributed by atoms with van der Waals surface area (Å²) in [5.41, 5.74) is 0.736. The van der Waals surface area contributed by atoms with Gasteiger partial charge in [0.25, 0.3) is 5.91 Å². The molecule has 1 rings (SSSR count). The highest BCUT2D eigenvalue weighted by Gasteiger charge is 2.14. The average molecular weight is 249 g/mol. The predicted octanol–water partition coefficient (Wildman–Crippen LogP) is 1.65. The maximum absolute atomic E-state index is 13.2. The van der Waals surface area contributed by atoms with Gasteiger partial charge in [0.2, 0.25) is 0 Å². The number of aliphatic hydroxyl groups excluding tert-OH is 1. The number of amides is 1. The minimum atomic E-state index is -0.431. The first kappa shape index (κ1) is 14.2. The maximum atomic E-state index is 13.2. The summed E-state index contributed by atoms with van der Waals surface area (Å²) >= 11 is 0. The minimum absolute atomic E-state index is 0.0551. The quantitative estimate of drug-likeness (QED) is 0.827. The Bertz CT molecular complexity index is 488. The number of carbonyl (C=O) groups is 1. The van der Waals surface area contributed by atoms with Gasteiger partial charge in [-0.3, -0.25) is 4.79 Å². The molecule has 1 N–H and O–H groups in total. The van der Waals surface area contributed by atoms with Crippen molar-refractivity contribution in [1.29, 1.82) is 0 Å². The zero-order chi connectivity index (χ0) is 13.5. The molecule has 1 aromatic rings. The summed E-state index contributed by atoms with van der Waals surface area (Å²) in [7, 11) is 1.68. The van der Waals surface area contributed by atoms with E-state index in [1.807, 2.05) is 6.92 Å². The van der Waals surface area contributed by atoms with E-state index < -0.39 is 5.82 Å². The van der Waals surface area contributed by atoms with E-state index in [9.17, 15) is 9.18 Å². The van der Waals surface area contributed by atoms with Crippen molar-refractivity contribution in [3.05, 3.63) is 35.1 Å². The van der Waals surface area contributed by atoms with Crippen LogP contribution in [0.25, 0.3) is 0 Å². The van der Waals surface area contributed by atoms with Gasteiger partial charge in [-0.05, 0) is 25.1 Å². The molecule has 0 atom stereocenters. The Kier molecular flexibility index (Phi) is 5.34. The SMILES string of the molecule is CCN(C)C(=O)c1ccc(F)cc1C#CCCO. The number of benzene rings is 1. The van der Waals surface area contributed by atoms with Crippen LogP contribution < -0.4 is 0 Å². The molecule has 0 radical (unpaired) electrons. The fourth-order valence-corrected chi connectivity index (χ4v) is 1.37. The van der Waals surface area contributed by atoms with Crippen molar-refractivity contribution >= 4 is 5.91 Å². The second-order valence-corrected chi connectivity index (χ2v) is 3.78. The summed E-state index contributed by atoms with van der Waals surface area (Å²) in [4.78, 5) is 13.6. The first-order valence-electron chi connectivity index (χ1n) is 5.75. The van der Waals surface area contributed by atoms with E-state index in [0.717, 1.165) is 0 Å². The van der Waals surface area contributed by atoms with Crippen LogP contribution in [0.2, 0.25) is 0 Å². The number of aliphatic hydroxyl groups is 1. The Morgan fingerprint density at radius 2 is 2.22 bits per heavy atom. The van der Waals surface area contributed by atoms with Crippen LogP contribution in [0.3, 0.4) is 0 Å². The van der Waals surface area contributed by atoms with E-state index in [0.29, 0.717) is 24.1 Å². The molecular weight excluding hydrogens is 233 g/mol. The summed E-state index contributed by atoms with van der Waals surface area (Å²) in [5.74, 6) is 4.79. The van der Waals surface area contributed by atoms with E-state index in [1.54, 1.807) is 7.05 Å². The summed E-state index contributed by atoms with van der Waals surface area (Å²) in [5, 5.41) is 8.65. The average Bonchev–Trinajstić information content (AvgIpc) is 2.37. The number of rotatable bonds is 3. The molecule has 96 valence electrons. The Morgan fingerprint density at radius 1 is 1.50 bits per heavy atom. The zero-order valence-electron chi connectivity index (χ0n) is 10.5. The van der Waals surface area contributed by atoms with Gasteiger partial charge >= 0.3 is 0 Å². The van der Waals surface area contributed by atoms with Crippen LogP contribution in [0.4, 0.5) is 4.39 Å². The molecule has 0 unspecified atom stereocenters. The van der Waals surface area contributed by atoms with Crippen molar-refractivity contribution in [2.24, 2.45) is 0 Å². The monoisotopic (exact) mass is 249 g/mol. The third-order valence-corrected chi connectivity index (χ3v) is 2.49. The van der Waals surface area contributed by atoms with Gasteiger partial charge in [-0.15, -0.1) is 0 Å². The van der Waals surface area contributed by atoms with Gasteiger partial charge in [0.05, 0.1) is 12.2 Å². The van der Waals surface area contributed by atoms with Crippen LogP contribution in [0.15, 0.2) is 18.2 Å². The smallest absolute Gasteiger partial charge is 0.254 e. The van der Waals surface area contributed by atoms with Gasteiger partial charge in [-0.2, -0.15) is 0 Å². The molecule has 0 aliphatic rings. The number of nitrogens with zero attached hydrogens (tertiary/aromatic N) is 1. The largest absolute Gasteiger partial charge is 0.395 e. The van der Waals surface area contributed by atoms with Crippen molar-refractivity contribution in [2.75, 3.05) is 20.2 Å². The third-order valence-electron chi connectivity index (χ3n) is 2.49. The fraction of sp³-hybridized carbons (Fsp3) is 0.357. The molecule has 3 nitrogen and oxygen atoms in total. The van der Waals surface area contributed by atoms with Crippen LogP contribution in [-0.2, 0) is 0 Å². The van der Waals surface area contributed by atoms with E-state index in [2.05, 4.69) is 11.8 Å². The van der Waals surface area contributed by atoms with Crippen molar-refractivity contribution in [2.45, 2.75) is 13.3 Å². The second kappa shape index (κ2) is 6.77. The number of carbonyl (C=O) groups excluding carboxylic acids is 1. The fourth-order valence-electron chi connectivity index (χ4n) is 1.37. The van der Waals surface area contributed by atoms with Gasteiger partial charge in [0, 0.05) is 25.6 Å². The predicted molar refractivity (Wildman–Crippen MR) is 67.6 cm³/mol. The summed E-state index contributed by atoms with van der Waals surface area (Å²) < 4.78 is 13.2. The van der Waals surface area contributed by atoms with E-state index in [-0.39, 0.29) is 12.5 Å². The first-order chi connectivity index (χ1) is 8.60. The van der Waals surface area contributed by atoms with Crippen LogP contribution in [-0.4, -0.2) is 36.1 Å². The highest BCUT2D eigenvalue weighted by atomic mass is 19.1. The Balaban J connectivity index is 3.12. The molecule has 0 aromatic heterocycles. The lowest BCUT2D eigenvalue weighted by Crippen LogP contribution is -2.27. The lowest BCUT2D eigenvalue weighted by atomic mass is 10.1. The topological polar surface area (TPSA) is 40.5 Å². The van der Waals surface area contributed by atoms with Gasteiger partial charge < -0.3 is 10.0 Å². The molecule has 1 aromatic carbocycles. The van der Waals surface area contributed by atoms with Gasteiger partial charge in [0.15, 0.2) is 0 Å². The van der Waals surface area contributed by atoms with Crippen molar-refractivity contribution in [3.8, 4) is 11.8 Å². The van der Waals surface area contributed by atoms with Crippen LogP contribution >= 0.6 is 0 Å². The van der Waals surface area contributed by atoms with E-state index in [4.69, 9.17) is 5.11 Å². The molecule has 0 spiro atoms. The van der Waals surface area contributed by atoms with E-state index in [1.165, 1.54) is 23.1 Å². The molecular formula is C14H16FNO2. The lowest BCUT2D eigenvalue weighted by molar-refractivity contribution is 0.0802. The van der Waals surface area contributed by atoms with Crippen molar-refractivity contribution < 1.29 is 14.3 Å². The normalized spacial score (nSPS) is 9.56. The highest BCUT2D eigenvalue weighted by Crippen LogP contribution is 2.12. The van der Waals surface area contributed by atoms with Gasteiger partial charge in [0.1, 0.15) is 5.82 Å². The molecule has 0 saturated carbocycles. The summed E-state index contributed by atoms with van der Waals surface area (Å²) in [6.07, 6.45) is 0.299. The van der Waals surface area contributed by atoms with Crippen molar-refractivity contribution in [3.63, 3.8) is 0 Å². The molecule has 0 saturated heterocycles. The third kappa shape index (κ3) is 3.57. The number of halogens is 1. The second-order valence-electron chi connectivity index (χ2n) is 3.78. The number of hydrogen-bond acceptors (Lipinski definition) is 2. The highest BCUT2D eigenvalue weighted by molar-refractivity contribution is 5.96. The standard InChI is InChI=1S/C14H16FNO2/c1-3-16(2)14(18)13-8-7-12(15)10-11(13)6-4-5-9-17/h7-8,10,17H,3,5,9H2,1-2H3. The van der Waals surface area contributed by atoms with Crippen LogP contribution in [0.1, 0.15) is 29.3 Å². The van der Waals surface area contributed by atoms with E-state index >= 15 is 0 Å². The summed E-state index contributed by atoms with van der Waals surface area (Å²) in [6.45, 7) is 2.37. The van der Waals surface area contributed by atoms with Crippen LogP contribution in [0, 0.1) is 17.7 Å². The summed E-state index contributed by atoms with van der Waals surface area (Å²) in [6, 6.07) is 3.92. The molecule has 1 amide bonds. The van der Waals surface area contributed by atoms with Gasteiger partial charge in [-0.25, -0.2) is 4.39 Å². The van der Waals surface area contributed by atoms with Gasteiger partial charge in [-0.1, -0.05) is 11.8 Å². The lowest BCUT2D eigenvalue weighted by Gasteiger charge is -2.15. The minimum Gasteiger partial charge on any atom is -0.395 e. The molecule has 0 aliphatic carbocycles. The molecule has 4 heteroatoms. The molecule has 0 aliphatic heterocycles. The Morgan fingerprint density at radius 3 is 2.83 bits per heavy atom. The molecule has 0 heterocycles. The molecule has 18 heavy (non-hydrogen) atoms. The molecule has 0 bridgehead atoms. The zero-order valence-corrected chi connectivity index (χ0v) is 10.5. The number of hydrogen-bond donors (Lipinski definition) is 1. The Hall–Kier alpha value is -1.86. The van der Waals surface area contributed by atoms with Crippen molar-refractivity contribution in [1.82, 2.24) is 4.90 Å².